The number of rotatable bonds is 2. The summed E-state index contributed by atoms with van der Waals surface area (Å²) in [4.78, 5) is 21.4. The smallest absolute Gasteiger partial charge is 0.272 e. The van der Waals surface area contributed by atoms with Gasteiger partial charge in [0.2, 0.25) is 0 Å². The Morgan fingerprint density at radius 1 is 1.36 bits per heavy atom. The van der Waals surface area contributed by atoms with E-state index in [9.17, 15) is 32.5 Å². The van der Waals surface area contributed by atoms with E-state index in [1.165, 1.54) is 0 Å². The molecule has 0 saturated carbocycles. The van der Waals surface area contributed by atoms with Gasteiger partial charge in [-0.25, -0.2) is 17.6 Å². The van der Waals surface area contributed by atoms with Gasteiger partial charge in [-0.1, -0.05) is 0 Å². The van der Waals surface area contributed by atoms with Crippen molar-refractivity contribution in [1.82, 2.24) is 5.32 Å². The first kappa shape index (κ1) is 16.2. The first-order valence-electron chi connectivity index (χ1n) is 6.28. The SMILES string of the molecule is C[C@]1(F)C[C@H](F)[C@@](C)(c2cc([N+](=O)[O-])cc(F)c2F)NC1=O. The lowest BCUT2D eigenvalue weighted by atomic mass is 9.77. The average molecular weight is 320 g/mol. The number of nitro groups is 1. The summed E-state index contributed by atoms with van der Waals surface area (Å²) in [6.07, 6.45) is -2.98. The summed E-state index contributed by atoms with van der Waals surface area (Å²) in [6.45, 7) is 1.88. The number of hydrogen-bond donors (Lipinski definition) is 1. The van der Waals surface area contributed by atoms with Gasteiger partial charge < -0.3 is 5.32 Å². The van der Waals surface area contributed by atoms with Crippen molar-refractivity contribution in [1.29, 1.82) is 0 Å². The minimum atomic E-state index is -2.51. The molecule has 0 bridgehead atoms. The number of piperidine rings is 1. The molecule has 0 aromatic heterocycles. The molecule has 1 saturated heterocycles. The molecule has 1 amide bonds. The Balaban J connectivity index is 2.59. The van der Waals surface area contributed by atoms with Gasteiger partial charge in [-0.05, 0) is 13.8 Å². The highest BCUT2D eigenvalue weighted by atomic mass is 19.2. The zero-order valence-corrected chi connectivity index (χ0v) is 11.6. The molecule has 9 heteroatoms. The number of alkyl halides is 2. The second-order valence-electron chi connectivity index (χ2n) is 5.57. The van der Waals surface area contributed by atoms with Gasteiger partial charge in [-0.3, -0.25) is 14.9 Å². The van der Waals surface area contributed by atoms with E-state index in [4.69, 9.17) is 0 Å². The van der Waals surface area contributed by atoms with E-state index in [1.54, 1.807) is 0 Å². The normalized spacial score (nSPS) is 31.7. The Morgan fingerprint density at radius 2 is 1.95 bits per heavy atom. The number of non-ortho nitro benzene ring substituents is 1. The molecule has 1 aromatic rings. The minimum absolute atomic E-state index is 0.347. The standard InChI is InChI=1S/C13H12F4N2O3/c1-12(17)5-9(15)13(2,18-11(12)20)7-3-6(19(21)22)4-8(14)10(7)16/h3-4,9H,5H2,1-2H3,(H,18,20)/t9-,12-,13+/m0/s1. The number of carbonyl (C=O) groups excluding carboxylic acids is 1. The molecular weight excluding hydrogens is 308 g/mol. The molecule has 0 unspecified atom stereocenters. The predicted octanol–water partition coefficient (Wildman–Crippen LogP) is 2.67. The van der Waals surface area contributed by atoms with Gasteiger partial charge in [0.25, 0.3) is 11.6 Å². The molecule has 1 aromatic carbocycles. The number of amides is 1. The number of nitro benzene ring substituents is 1. The van der Waals surface area contributed by atoms with E-state index in [1.807, 2.05) is 5.32 Å². The Kier molecular flexibility index (Phi) is 3.62. The lowest BCUT2D eigenvalue weighted by Crippen LogP contribution is -2.62. The molecule has 0 radical (unpaired) electrons. The lowest BCUT2D eigenvalue weighted by molar-refractivity contribution is -0.385. The molecule has 5 nitrogen and oxygen atoms in total. The third kappa shape index (κ3) is 2.40. The van der Waals surface area contributed by atoms with Crippen molar-refractivity contribution >= 4 is 11.6 Å². The molecule has 2 rings (SSSR count). The molecule has 3 atom stereocenters. The Morgan fingerprint density at radius 3 is 2.50 bits per heavy atom. The van der Waals surface area contributed by atoms with Crippen molar-refractivity contribution in [2.45, 2.75) is 37.6 Å². The van der Waals surface area contributed by atoms with Gasteiger partial charge in [0.1, 0.15) is 6.17 Å². The van der Waals surface area contributed by atoms with Crippen LogP contribution in [0.4, 0.5) is 23.2 Å². The van der Waals surface area contributed by atoms with Crippen LogP contribution in [-0.2, 0) is 10.3 Å². The number of halogens is 4. The zero-order valence-electron chi connectivity index (χ0n) is 11.6. The predicted molar refractivity (Wildman–Crippen MR) is 67.5 cm³/mol. The maximum atomic E-state index is 14.3. The summed E-state index contributed by atoms with van der Waals surface area (Å²) in [6, 6.07) is 0.978. The lowest BCUT2D eigenvalue weighted by Gasteiger charge is -2.42. The van der Waals surface area contributed by atoms with E-state index >= 15 is 0 Å². The first-order chi connectivity index (χ1) is 9.99. The van der Waals surface area contributed by atoms with E-state index in [2.05, 4.69) is 0 Å². The number of nitrogens with one attached hydrogen (secondary N) is 1. The summed E-state index contributed by atoms with van der Waals surface area (Å²) in [5, 5.41) is 12.7. The van der Waals surface area contributed by atoms with Crippen molar-refractivity contribution in [3.8, 4) is 0 Å². The minimum Gasteiger partial charge on any atom is -0.341 e. The fourth-order valence-electron chi connectivity index (χ4n) is 2.37. The number of benzene rings is 1. The zero-order chi connectivity index (χ0) is 16.9. The van der Waals surface area contributed by atoms with Crippen molar-refractivity contribution in [3.05, 3.63) is 39.4 Å². The Bertz CT molecular complexity index is 665. The molecule has 120 valence electrons. The van der Waals surface area contributed by atoms with Crippen LogP contribution in [0.1, 0.15) is 25.8 Å². The van der Waals surface area contributed by atoms with Crippen molar-refractivity contribution < 1.29 is 27.3 Å². The summed E-state index contributed by atoms with van der Waals surface area (Å²) in [5.41, 5.74) is -6.16. The van der Waals surface area contributed by atoms with E-state index in [-0.39, 0.29) is 0 Å². The van der Waals surface area contributed by atoms with Gasteiger partial charge in [0, 0.05) is 18.1 Å². The number of carbonyl (C=O) groups is 1. The fraction of sp³-hybridized carbons (Fsp3) is 0.462. The molecule has 22 heavy (non-hydrogen) atoms. The molecule has 0 aliphatic carbocycles. The molecule has 1 N–H and O–H groups in total. The largest absolute Gasteiger partial charge is 0.341 e. The van der Waals surface area contributed by atoms with Gasteiger partial charge in [-0.2, -0.15) is 0 Å². The molecule has 1 heterocycles. The van der Waals surface area contributed by atoms with Crippen molar-refractivity contribution in [3.63, 3.8) is 0 Å². The van der Waals surface area contributed by atoms with Gasteiger partial charge in [0.05, 0.1) is 16.5 Å². The van der Waals surface area contributed by atoms with E-state index in [0.717, 1.165) is 13.8 Å². The first-order valence-corrected chi connectivity index (χ1v) is 6.28. The average Bonchev–Trinajstić information content (AvgIpc) is 2.39. The van der Waals surface area contributed by atoms with Crippen LogP contribution in [0.15, 0.2) is 12.1 Å². The van der Waals surface area contributed by atoms with Crippen molar-refractivity contribution in [2.24, 2.45) is 0 Å². The highest BCUT2D eigenvalue weighted by Gasteiger charge is 2.53. The van der Waals surface area contributed by atoms with Crippen LogP contribution in [0.5, 0.6) is 0 Å². The monoisotopic (exact) mass is 320 g/mol. The van der Waals surface area contributed by atoms with Gasteiger partial charge in [-0.15, -0.1) is 0 Å². The van der Waals surface area contributed by atoms with E-state index in [0.29, 0.717) is 12.1 Å². The quantitative estimate of drug-likeness (QED) is 0.517. The van der Waals surface area contributed by atoms with Crippen LogP contribution in [0.3, 0.4) is 0 Å². The topological polar surface area (TPSA) is 72.2 Å². The van der Waals surface area contributed by atoms with Crippen LogP contribution < -0.4 is 5.32 Å². The van der Waals surface area contributed by atoms with Gasteiger partial charge in [0.15, 0.2) is 17.3 Å². The Hall–Kier alpha value is -2.19. The second-order valence-corrected chi connectivity index (χ2v) is 5.57. The van der Waals surface area contributed by atoms with Crippen LogP contribution in [0.2, 0.25) is 0 Å². The highest BCUT2D eigenvalue weighted by molar-refractivity contribution is 5.86. The molecule has 0 spiro atoms. The molecular formula is C13H12F4N2O3. The van der Waals surface area contributed by atoms with Crippen LogP contribution in [-0.4, -0.2) is 22.7 Å². The molecule has 1 fully saturated rings. The highest BCUT2D eigenvalue weighted by Crippen LogP contribution is 2.40. The van der Waals surface area contributed by atoms with E-state index < -0.39 is 57.5 Å². The number of nitrogens with zero attached hydrogens (tertiary/aromatic N) is 1. The van der Waals surface area contributed by atoms with Crippen LogP contribution >= 0.6 is 0 Å². The summed E-state index contributed by atoms with van der Waals surface area (Å²) < 4.78 is 55.6. The van der Waals surface area contributed by atoms with Gasteiger partial charge >= 0.3 is 0 Å². The number of hydrogen-bond acceptors (Lipinski definition) is 3. The Labute approximate surface area is 122 Å². The maximum absolute atomic E-state index is 14.3. The van der Waals surface area contributed by atoms with Crippen LogP contribution in [0, 0.1) is 21.7 Å². The summed E-state index contributed by atoms with van der Waals surface area (Å²) >= 11 is 0. The fourth-order valence-corrected chi connectivity index (χ4v) is 2.37. The van der Waals surface area contributed by atoms with Crippen LogP contribution in [0.25, 0.3) is 0 Å². The molecule has 1 aliphatic heterocycles. The summed E-state index contributed by atoms with van der Waals surface area (Å²) in [5.74, 6) is -4.28. The maximum Gasteiger partial charge on any atom is 0.272 e. The summed E-state index contributed by atoms with van der Waals surface area (Å²) in [7, 11) is 0. The third-order valence-electron chi connectivity index (χ3n) is 3.82. The third-order valence-corrected chi connectivity index (χ3v) is 3.82. The second kappa shape index (κ2) is 4.92. The molecule has 1 aliphatic rings. The van der Waals surface area contributed by atoms with Crippen molar-refractivity contribution in [2.75, 3.05) is 0 Å².